The molecule has 16 heavy (non-hydrogen) atoms. The molecule has 0 radical (unpaired) electrons. The molecule has 0 saturated heterocycles. The van der Waals surface area contributed by atoms with Crippen molar-refractivity contribution < 1.29 is 24.2 Å². The van der Waals surface area contributed by atoms with Gasteiger partial charge < -0.3 is 14.3 Å². The van der Waals surface area contributed by atoms with Crippen molar-refractivity contribution in [3.05, 3.63) is 38.4 Å². The van der Waals surface area contributed by atoms with Crippen molar-refractivity contribution in [3.8, 4) is 5.75 Å². The van der Waals surface area contributed by atoms with E-state index in [4.69, 9.17) is 9.79 Å². The Kier molecular flexibility index (Phi) is 3.67. The topological polar surface area (TPSA) is 136 Å². The molecule has 0 bridgehead atoms. The summed E-state index contributed by atoms with van der Waals surface area (Å²) in [5, 5.41) is 20.9. The van der Waals surface area contributed by atoms with Gasteiger partial charge in [0.25, 0.3) is 5.69 Å². The highest BCUT2D eigenvalue weighted by Gasteiger charge is 2.22. The van der Waals surface area contributed by atoms with Crippen LogP contribution in [0.4, 0.5) is 11.4 Å². The molecule has 0 aromatic heterocycles. The summed E-state index contributed by atoms with van der Waals surface area (Å²) < 4.78 is 4.35. The molecule has 0 heterocycles. The van der Waals surface area contributed by atoms with Crippen molar-refractivity contribution >= 4 is 20.0 Å². The van der Waals surface area contributed by atoms with Crippen LogP contribution in [0.15, 0.2) is 18.2 Å². The molecule has 0 aliphatic heterocycles. The average Bonchev–Trinajstić information content (AvgIpc) is 2.16. The number of non-ortho nitro benzene ring substituents is 1. The number of benzene rings is 1. The Bertz CT molecular complexity index is 435. The van der Waals surface area contributed by atoms with Gasteiger partial charge in [0.15, 0.2) is 0 Å². The minimum atomic E-state index is -2.82. The van der Waals surface area contributed by atoms with Gasteiger partial charge >= 0.3 is 14.3 Å². The smallest absolute Gasteiger partial charge is 0.391 e. The lowest BCUT2D eigenvalue weighted by atomic mass is 10.2. The monoisotopic (exact) mass is 248 g/mol. The summed E-state index contributed by atoms with van der Waals surface area (Å²) >= 11 is 0. The van der Waals surface area contributed by atoms with Gasteiger partial charge in [0.2, 0.25) is 5.75 Å². The minimum Gasteiger partial charge on any atom is -0.420 e. The van der Waals surface area contributed by atoms with Gasteiger partial charge in [-0.05, 0) is 6.07 Å². The van der Waals surface area contributed by atoms with Crippen molar-refractivity contribution in [2.24, 2.45) is 0 Å². The van der Waals surface area contributed by atoms with Crippen LogP contribution in [0, 0.1) is 20.2 Å². The standard InChI is InChI=1S/C6H5N2O7P/c9-7(10)4-1-2-6(15-16(13)14)5(3-4)8(11)12/h1-3,13-14H. The van der Waals surface area contributed by atoms with Crippen LogP contribution in [0.5, 0.6) is 5.75 Å². The fraction of sp³-hybridized carbons (Fsp3) is 0. The normalized spacial score (nSPS) is 10.2. The maximum absolute atomic E-state index is 10.5. The molecule has 0 saturated carbocycles. The second-order valence-electron chi connectivity index (χ2n) is 2.51. The largest absolute Gasteiger partial charge is 0.420 e. The molecule has 1 rings (SSSR count). The molecule has 0 aliphatic carbocycles. The summed E-state index contributed by atoms with van der Waals surface area (Å²) in [6.07, 6.45) is 0. The van der Waals surface area contributed by atoms with E-state index in [1.807, 2.05) is 0 Å². The summed E-state index contributed by atoms with van der Waals surface area (Å²) in [5.74, 6) is -0.438. The fourth-order valence-electron chi connectivity index (χ4n) is 0.927. The number of nitro benzene ring substituents is 2. The number of hydrogen-bond acceptors (Lipinski definition) is 7. The quantitative estimate of drug-likeness (QED) is 0.462. The van der Waals surface area contributed by atoms with Crippen LogP contribution >= 0.6 is 8.60 Å². The van der Waals surface area contributed by atoms with Gasteiger partial charge in [-0.25, -0.2) is 0 Å². The Labute approximate surface area is 89.2 Å². The first-order chi connectivity index (χ1) is 7.41. The Morgan fingerprint density at radius 1 is 1.19 bits per heavy atom. The molecule has 0 amide bonds. The van der Waals surface area contributed by atoms with Gasteiger partial charge in [-0.3, -0.25) is 20.2 Å². The lowest BCUT2D eigenvalue weighted by molar-refractivity contribution is -0.394. The maximum atomic E-state index is 10.5. The first-order valence-corrected chi connectivity index (χ1v) is 4.87. The van der Waals surface area contributed by atoms with Crippen molar-refractivity contribution in [2.75, 3.05) is 0 Å². The lowest BCUT2D eigenvalue weighted by Gasteiger charge is -2.05. The SMILES string of the molecule is O=[N+]([O-])c1ccc(OP(O)O)c([N+](=O)[O-])c1. The molecule has 9 nitrogen and oxygen atoms in total. The third-order valence-corrected chi connectivity index (χ3v) is 1.89. The second-order valence-corrected chi connectivity index (χ2v) is 3.20. The predicted octanol–water partition coefficient (Wildman–Crippen LogP) is 1.09. The molecule has 0 aliphatic rings. The van der Waals surface area contributed by atoms with Crippen LogP contribution in [-0.2, 0) is 0 Å². The summed E-state index contributed by atoms with van der Waals surface area (Å²) in [6.45, 7) is 0. The maximum Gasteiger partial charge on any atom is 0.391 e. The lowest BCUT2D eigenvalue weighted by Crippen LogP contribution is -1.96. The highest BCUT2D eigenvalue weighted by Crippen LogP contribution is 2.37. The Morgan fingerprint density at radius 2 is 1.81 bits per heavy atom. The molecular formula is C6H5N2O7P. The summed E-state index contributed by atoms with van der Waals surface area (Å²) in [6, 6.07) is 2.56. The van der Waals surface area contributed by atoms with Crippen molar-refractivity contribution in [1.29, 1.82) is 0 Å². The molecule has 0 spiro atoms. The number of rotatable bonds is 4. The fourth-order valence-corrected chi connectivity index (χ4v) is 1.26. The second kappa shape index (κ2) is 4.79. The van der Waals surface area contributed by atoms with Gasteiger partial charge in [0.05, 0.1) is 15.9 Å². The Hall–Kier alpha value is -1.83. The van der Waals surface area contributed by atoms with Gasteiger partial charge in [-0.2, -0.15) is 0 Å². The average molecular weight is 248 g/mol. The van der Waals surface area contributed by atoms with Gasteiger partial charge in [-0.1, -0.05) is 0 Å². The minimum absolute atomic E-state index is 0.438. The molecule has 0 fully saturated rings. The first-order valence-electron chi connectivity index (χ1n) is 3.70. The van der Waals surface area contributed by atoms with Crippen LogP contribution in [0.25, 0.3) is 0 Å². The predicted molar refractivity (Wildman–Crippen MR) is 51.7 cm³/mol. The van der Waals surface area contributed by atoms with Crippen LogP contribution in [0.1, 0.15) is 0 Å². The summed E-state index contributed by atoms with van der Waals surface area (Å²) in [4.78, 5) is 36.2. The van der Waals surface area contributed by atoms with Crippen LogP contribution in [0.3, 0.4) is 0 Å². The molecule has 1 aromatic rings. The molecule has 0 atom stereocenters. The van der Waals surface area contributed by atoms with E-state index in [0.29, 0.717) is 6.07 Å². The van der Waals surface area contributed by atoms with Crippen LogP contribution in [0.2, 0.25) is 0 Å². The number of nitro groups is 2. The first kappa shape index (κ1) is 12.2. The highest BCUT2D eigenvalue weighted by atomic mass is 31.2. The molecule has 86 valence electrons. The molecule has 10 heteroatoms. The molecule has 1 aromatic carbocycles. The number of nitrogens with zero attached hydrogens (tertiary/aromatic N) is 2. The van der Waals surface area contributed by atoms with E-state index >= 15 is 0 Å². The highest BCUT2D eigenvalue weighted by molar-refractivity contribution is 7.39. The zero-order valence-electron chi connectivity index (χ0n) is 7.51. The third-order valence-electron chi connectivity index (χ3n) is 1.53. The van der Waals surface area contributed by atoms with Crippen LogP contribution < -0.4 is 4.52 Å². The van der Waals surface area contributed by atoms with E-state index in [1.165, 1.54) is 0 Å². The van der Waals surface area contributed by atoms with E-state index in [0.717, 1.165) is 12.1 Å². The summed E-state index contributed by atoms with van der Waals surface area (Å²) in [7, 11) is -2.82. The number of hydrogen-bond donors (Lipinski definition) is 2. The van der Waals surface area contributed by atoms with E-state index in [2.05, 4.69) is 4.52 Å². The van der Waals surface area contributed by atoms with Crippen molar-refractivity contribution in [2.45, 2.75) is 0 Å². The van der Waals surface area contributed by atoms with Gasteiger partial charge in [0, 0.05) is 6.07 Å². The van der Waals surface area contributed by atoms with E-state index in [9.17, 15) is 20.2 Å². The Balaban J connectivity index is 3.19. The van der Waals surface area contributed by atoms with E-state index < -0.39 is 35.6 Å². The van der Waals surface area contributed by atoms with E-state index in [-0.39, 0.29) is 0 Å². The molecular weight excluding hydrogens is 243 g/mol. The van der Waals surface area contributed by atoms with Crippen LogP contribution in [-0.4, -0.2) is 19.6 Å². The van der Waals surface area contributed by atoms with Gasteiger partial charge in [-0.15, -0.1) is 0 Å². The van der Waals surface area contributed by atoms with Crippen molar-refractivity contribution in [3.63, 3.8) is 0 Å². The van der Waals surface area contributed by atoms with E-state index in [1.54, 1.807) is 0 Å². The zero-order valence-corrected chi connectivity index (χ0v) is 8.40. The van der Waals surface area contributed by atoms with Gasteiger partial charge in [0.1, 0.15) is 0 Å². The molecule has 0 unspecified atom stereocenters. The third kappa shape index (κ3) is 2.83. The molecule has 2 N–H and O–H groups in total. The summed E-state index contributed by atoms with van der Waals surface area (Å²) in [5.41, 5.74) is -1.19. The Morgan fingerprint density at radius 3 is 2.25 bits per heavy atom. The zero-order chi connectivity index (χ0) is 12.3. The van der Waals surface area contributed by atoms with Crippen molar-refractivity contribution in [1.82, 2.24) is 0 Å².